The summed E-state index contributed by atoms with van der Waals surface area (Å²) in [6, 6.07) is -0.658. The van der Waals surface area contributed by atoms with Crippen LogP contribution in [0.3, 0.4) is 0 Å². The second kappa shape index (κ2) is 5.81. The van der Waals surface area contributed by atoms with Gasteiger partial charge in [-0.15, -0.1) is 0 Å². The molecule has 2 atom stereocenters. The van der Waals surface area contributed by atoms with Gasteiger partial charge in [0.05, 0.1) is 6.04 Å². The smallest absolute Gasteiger partial charge is 0.332 e. The third-order valence-electron chi connectivity index (χ3n) is 2.22. The Kier molecular flexibility index (Phi) is 5.40. The van der Waals surface area contributed by atoms with E-state index in [1.54, 1.807) is 0 Å². The Morgan fingerprint density at radius 3 is 2.25 bits per heavy atom. The second-order valence-electron chi connectivity index (χ2n) is 4.78. The van der Waals surface area contributed by atoms with Gasteiger partial charge >= 0.3 is 5.97 Å². The Bertz CT molecular complexity index is 260. The summed E-state index contributed by atoms with van der Waals surface area (Å²) in [4.78, 5) is 21.8. The summed E-state index contributed by atoms with van der Waals surface area (Å²) in [5.74, 6) is -1.64. The first kappa shape index (κ1) is 14.9. The predicted molar refractivity (Wildman–Crippen MR) is 58.7 cm³/mol. The van der Waals surface area contributed by atoms with Crippen molar-refractivity contribution in [3.8, 4) is 0 Å². The Balaban J connectivity index is 3.96. The zero-order valence-corrected chi connectivity index (χ0v) is 9.86. The van der Waals surface area contributed by atoms with Crippen LogP contribution in [-0.2, 0) is 9.59 Å². The van der Waals surface area contributed by atoms with E-state index in [1.165, 1.54) is 0 Å². The Labute approximate surface area is 94.8 Å². The number of carboxylic acids is 1. The van der Waals surface area contributed by atoms with Crippen LogP contribution >= 0.6 is 0 Å². The molecule has 0 aliphatic heterocycles. The molecule has 0 heterocycles. The highest BCUT2D eigenvalue weighted by Gasteiger charge is 2.27. The van der Waals surface area contributed by atoms with Crippen LogP contribution in [0.4, 0.5) is 0 Å². The molecular formula is C10H20N2O4. The summed E-state index contributed by atoms with van der Waals surface area (Å²) in [5.41, 5.74) is 5.33. The van der Waals surface area contributed by atoms with Crippen LogP contribution in [0, 0.1) is 5.41 Å². The number of aliphatic carboxylic acids is 1. The van der Waals surface area contributed by atoms with Gasteiger partial charge in [-0.2, -0.15) is 0 Å². The maximum atomic E-state index is 11.5. The van der Waals surface area contributed by atoms with Gasteiger partial charge in [0.2, 0.25) is 5.91 Å². The van der Waals surface area contributed by atoms with E-state index >= 15 is 0 Å². The third kappa shape index (κ3) is 5.09. The third-order valence-corrected chi connectivity index (χ3v) is 2.22. The molecule has 0 aliphatic rings. The molecule has 6 nitrogen and oxygen atoms in total. The fourth-order valence-electron chi connectivity index (χ4n) is 0.959. The minimum atomic E-state index is -1.45. The van der Waals surface area contributed by atoms with Gasteiger partial charge in [-0.3, -0.25) is 4.79 Å². The molecule has 94 valence electrons. The Morgan fingerprint density at radius 1 is 1.38 bits per heavy atom. The van der Waals surface area contributed by atoms with Crippen molar-refractivity contribution < 1.29 is 19.8 Å². The highest BCUT2D eigenvalue weighted by Crippen LogP contribution is 2.16. The van der Waals surface area contributed by atoms with E-state index in [0.717, 1.165) is 0 Å². The van der Waals surface area contributed by atoms with E-state index < -0.39 is 18.1 Å². The topological polar surface area (TPSA) is 113 Å². The molecule has 0 fully saturated rings. The minimum Gasteiger partial charge on any atom is -0.479 e. The molecular weight excluding hydrogens is 212 g/mol. The standard InChI is InChI=1S/C10H20N2O4/c1-10(2,3)7(11)8(14)12-5-4-6(13)9(15)16/h6-7,13H,4-5,11H2,1-3H3,(H,12,14)(H,15,16)/t6-,7?/m0/s1. The van der Waals surface area contributed by atoms with E-state index in [9.17, 15) is 9.59 Å². The van der Waals surface area contributed by atoms with Crippen LogP contribution < -0.4 is 11.1 Å². The van der Waals surface area contributed by atoms with E-state index in [0.29, 0.717) is 0 Å². The van der Waals surface area contributed by atoms with Gasteiger partial charge in [-0.1, -0.05) is 20.8 Å². The van der Waals surface area contributed by atoms with Gasteiger partial charge in [0.15, 0.2) is 6.10 Å². The summed E-state index contributed by atoms with van der Waals surface area (Å²) in [5, 5.41) is 19.8. The van der Waals surface area contributed by atoms with Crippen molar-refractivity contribution in [3.05, 3.63) is 0 Å². The van der Waals surface area contributed by atoms with Crippen LogP contribution in [0.15, 0.2) is 0 Å². The lowest BCUT2D eigenvalue weighted by molar-refractivity contribution is -0.147. The number of carbonyl (C=O) groups excluding carboxylic acids is 1. The SMILES string of the molecule is CC(C)(C)C(N)C(=O)NCC[C@H](O)C(=O)O. The molecule has 5 N–H and O–H groups in total. The van der Waals surface area contributed by atoms with Crippen molar-refractivity contribution >= 4 is 11.9 Å². The molecule has 0 saturated heterocycles. The second-order valence-corrected chi connectivity index (χ2v) is 4.78. The number of hydrogen-bond donors (Lipinski definition) is 4. The Hall–Kier alpha value is -1.14. The number of aliphatic hydroxyl groups excluding tert-OH is 1. The molecule has 0 aromatic carbocycles. The van der Waals surface area contributed by atoms with Crippen molar-refractivity contribution in [3.63, 3.8) is 0 Å². The summed E-state index contributed by atoms with van der Waals surface area (Å²) in [7, 11) is 0. The first-order valence-corrected chi connectivity index (χ1v) is 5.10. The summed E-state index contributed by atoms with van der Waals surface area (Å²) in [6.45, 7) is 5.60. The van der Waals surface area contributed by atoms with Crippen LogP contribution in [-0.4, -0.2) is 40.8 Å². The molecule has 0 radical (unpaired) electrons. The number of aliphatic hydroxyl groups is 1. The number of rotatable bonds is 5. The van der Waals surface area contributed by atoms with E-state index in [2.05, 4.69) is 5.32 Å². The van der Waals surface area contributed by atoms with Gasteiger partial charge < -0.3 is 21.3 Å². The monoisotopic (exact) mass is 232 g/mol. The average molecular weight is 232 g/mol. The number of hydrogen-bond acceptors (Lipinski definition) is 4. The zero-order valence-electron chi connectivity index (χ0n) is 9.86. The lowest BCUT2D eigenvalue weighted by Gasteiger charge is -2.25. The predicted octanol–water partition coefficient (Wildman–Crippen LogP) is -0.688. The van der Waals surface area contributed by atoms with Crippen LogP contribution in [0.5, 0.6) is 0 Å². The Morgan fingerprint density at radius 2 is 1.88 bits per heavy atom. The summed E-state index contributed by atoms with van der Waals surface area (Å²) >= 11 is 0. The van der Waals surface area contributed by atoms with Gasteiger partial charge in [0, 0.05) is 13.0 Å². The van der Waals surface area contributed by atoms with Crippen molar-refractivity contribution in [1.82, 2.24) is 5.32 Å². The normalized spacial score (nSPS) is 15.3. The highest BCUT2D eigenvalue weighted by molar-refractivity contribution is 5.82. The maximum absolute atomic E-state index is 11.5. The molecule has 1 amide bonds. The van der Waals surface area contributed by atoms with E-state index in [1.807, 2.05) is 20.8 Å². The summed E-state index contributed by atoms with van der Waals surface area (Å²) < 4.78 is 0. The molecule has 0 aromatic rings. The van der Waals surface area contributed by atoms with E-state index in [-0.39, 0.29) is 24.3 Å². The van der Waals surface area contributed by atoms with Crippen molar-refractivity contribution in [2.24, 2.45) is 11.1 Å². The molecule has 1 unspecified atom stereocenters. The largest absolute Gasteiger partial charge is 0.479 e. The molecule has 0 aromatic heterocycles. The lowest BCUT2D eigenvalue weighted by atomic mass is 9.87. The number of nitrogens with one attached hydrogen (secondary N) is 1. The van der Waals surface area contributed by atoms with Crippen LogP contribution in [0.2, 0.25) is 0 Å². The minimum absolute atomic E-state index is 0.0298. The number of carbonyl (C=O) groups is 2. The number of carboxylic acid groups (broad SMARTS) is 1. The first-order valence-electron chi connectivity index (χ1n) is 5.10. The molecule has 6 heteroatoms. The quantitative estimate of drug-likeness (QED) is 0.501. The van der Waals surface area contributed by atoms with Gasteiger partial charge in [-0.25, -0.2) is 4.79 Å². The van der Waals surface area contributed by atoms with Crippen molar-refractivity contribution in [2.45, 2.75) is 39.3 Å². The molecule has 0 saturated carbocycles. The van der Waals surface area contributed by atoms with E-state index in [4.69, 9.17) is 15.9 Å². The average Bonchev–Trinajstić information content (AvgIpc) is 2.14. The summed E-state index contributed by atoms with van der Waals surface area (Å²) in [6.07, 6.45) is -1.48. The molecule has 0 bridgehead atoms. The lowest BCUT2D eigenvalue weighted by Crippen LogP contribution is -2.49. The molecule has 0 rings (SSSR count). The number of nitrogens with two attached hydrogens (primary N) is 1. The highest BCUT2D eigenvalue weighted by atomic mass is 16.4. The van der Waals surface area contributed by atoms with Gasteiger partial charge in [0.25, 0.3) is 0 Å². The molecule has 0 spiro atoms. The van der Waals surface area contributed by atoms with Gasteiger partial charge in [0.1, 0.15) is 0 Å². The van der Waals surface area contributed by atoms with Crippen LogP contribution in [0.1, 0.15) is 27.2 Å². The fraction of sp³-hybridized carbons (Fsp3) is 0.800. The fourth-order valence-corrected chi connectivity index (χ4v) is 0.959. The first-order chi connectivity index (χ1) is 7.16. The molecule has 0 aliphatic carbocycles. The van der Waals surface area contributed by atoms with Crippen LogP contribution in [0.25, 0.3) is 0 Å². The van der Waals surface area contributed by atoms with Gasteiger partial charge in [-0.05, 0) is 5.41 Å². The molecule has 16 heavy (non-hydrogen) atoms. The van der Waals surface area contributed by atoms with Crippen molar-refractivity contribution in [2.75, 3.05) is 6.54 Å². The maximum Gasteiger partial charge on any atom is 0.332 e. The number of amides is 1. The zero-order chi connectivity index (χ0) is 12.9. The van der Waals surface area contributed by atoms with Crippen molar-refractivity contribution in [1.29, 1.82) is 0 Å².